The first-order chi connectivity index (χ1) is 11.6. The number of hydrogen-bond donors (Lipinski definition) is 1. The second kappa shape index (κ2) is 7.37. The van der Waals surface area contributed by atoms with Gasteiger partial charge >= 0.3 is 0 Å². The largest absolute Gasteiger partial charge is 0.490 e. The number of non-ortho nitro benzene ring substituents is 1. The van der Waals surface area contributed by atoms with Crippen LogP contribution in [0.25, 0.3) is 0 Å². The molecule has 3 rings (SSSR count). The Morgan fingerprint density at radius 3 is 2.62 bits per heavy atom. The van der Waals surface area contributed by atoms with E-state index in [2.05, 4.69) is 15.0 Å². The first kappa shape index (κ1) is 16.3. The molecule has 1 saturated heterocycles. The van der Waals surface area contributed by atoms with E-state index in [0.717, 1.165) is 25.9 Å². The summed E-state index contributed by atoms with van der Waals surface area (Å²) < 4.78 is 10.9. The zero-order valence-electron chi connectivity index (χ0n) is 13.1. The number of piperidine rings is 1. The highest BCUT2D eigenvalue weighted by Gasteiger charge is 2.22. The van der Waals surface area contributed by atoms with Gasteiger partial charge in [-0.25, -0.2) is 0 Å². The Balaban J connectivity index is 1.47. The predicted octanol–water partition coefficient (Wildman–Crippen LogP) is 1.48. The van der Waals surface area contributed by atoms with E-state index in [1.54, 1.807) is 12.1 Å². The fourth-order valence-electron chi connectivity index (χ4n) is 2.66. The first-order valence-corrected chi connectivity index (χ1v) is 7.79. The summed E-state index contributed by atoms with van der Waals surface area (Å²) in [4.78, 5) is 16.7. The molecule has 1 aromatic carbocycles. The van der Waals surface area contributed by atoms with Gasteiger partial charge in [0, 0.05) is 25.2 Å². The Bertz CT molecular complexity index is 679. The van der Waals surface area contributed by atoms with Crippen molar-refractivity contribution < 1.29 is 14.2 Å². The number of nitrogens with zero attached hydrogens (tertiary/aromatic N) is 4. The molecule has 1 aliphatic heterocycles. The van der Waals surface area contributed by atoms with Gasteiger partial charge < -0.3 is 15.0 Å². The maximum absolute atomic E-state index is 10.6. The number of rotatable bonds is 6. The van der Waals surface area contributed by atoms with Crippen molar-refractivity contribution in [2.45, 2.75) is 32.0 Å². The number of likely N-dealkylation sites (tertiary alicyclic amines) is 1. The highest BCUT2D eigenvalue weighted by Crippen LogP contribution is 2.22. The van der Waals surface area contributed by atoms with E-state index < -0.39 is 4.92 Å². The average molecular weight is 333 g/mol. The molecule has 0 bridgehead atoms. The summed E-state index contributed by atoms with van der Waals surface area (Å²) >= 11 is 0. The number of ether oxygens (including phenoxy) is 1. The van der Waals surface area contributed by atoms with Crippen molar-refractivity contribution in [2.75, 3.05) is 13.1 Å². The van der Waals surface area contributed by atoms with Gasteiger partial charge in [-0.15, -0.1) is 0 Å². The molecule has 0 saturated carbocycles. The molecule has 1 aromatic heterocycles. The topological polar surface area (TPSA) is 121 Å². The van der Waals surface area contributed by atoms with Crippen LogP contribution in [0.3, 0.4) is 0 Å². The first-order valence-electron chi connectivity index (χ1n) is 7.79. The molecule has 1 aliphatic rings. The van der Waals surface area contributed by atoms with E-state index in [9.17, 15) is 10.1 Å². The van der Waals surface area contributed by atoms with E-state index in [0.29, 0.717) is 24.0 Å². The number of nitro groups is 1. The summed E-state index contributed by atoms with van der Waals surface area (Å²) in [6, 6.07) is 6.18. The molecule has 1 fully saturated rings. The van der Waals surface area contributed by atoms with Crippen LogP contribution < -0.4 is 10.5 Å². The van der Waals surface area contributed by atoms with Crippen molar-refractivity contribution in [2.24, 2.45) is 5.73 Å². The molecule has 9 nitrogen and oxygen atoms in total. The molecule has 0 radical (unpaired) electrons. The third-order valence-corrected chi connectivity index (χ3v) is 3.93. The van der Waals surface area contributed by atoms with Crippen LogP contribution in [0.15, 0.2) is 28.8 Å². The molecule has 9 heteroatoms. The van der Waals surface area contributed by atoms with Crippen molar-refractivity contribution in [3.05, 3.63) is 46.1 Å². The van der Waals surface area contributed by atoms with E-state index in [-0.39, 0.29) is 18.3 Å². The maximum atomic E-state index is 10.6. The van der Waals surface area contributed by atoms with Crippen molar-refractivity contribution in [3.63, 3.8) is 0 Å². The van der Waals surface area contributed by atoms with Gasteiger partial charge in [0.25, 0.3) is 5.69 Å². The molecular formula is C15H19N5O4. The summed E-state index contributed by atoms with van der Waals surface area (Å²) in [5.74, 6) is 1.75. The molecule has 0 atom stereocenters. The van der Waals surface area contributed by atoms with Crippen LogP contribution >= 0.6 is 0 Å². The number of benzene rings is 1. The molecular weight excluding hydrogens is 314 g/mol. The van der Waals surface area contributed by atoms with Crippen LogP contribution in [0.1, 0.15) is 24.6 Å². The molecule has 0 amide bonds. The molecule has 0 spiro atoms. The normalized spacial score (nSPS) is 16.2. The molecule has 24 heavy (non-hydrogen) atoms. The summed E-state index contributed by atoms with van der Waals surface area (Å²) in [5.41, 5.74) is 5.51. The third-order valence-electron chi connectivity index (χ3n) is 3.93. The highest BCUT2D eigenvalue weighted by molar-refractivity contribution is 5.36. The van der Waals surface area contributed by atoms with E-state index in [1.165, 1.54) is 12.1 Å². The lowest BCUT2D eigenvalue weighted by molar-refractivity contribution is -0.384. The monoisotopic (exact) mass is 333 g/mol. The lowest BCUT2D eigenvalue weighted by Crippen LogP contribution is -2.38. The zero-order chi connectivity index (χ0) is 16.9. The number of nitrogens with two attached hydrogens (primary N) is 1. The predicted molar refractivity (Wildman–Crippen MR) is 84.2 cm³/mol. The average Bonchev–Trinajstić information content (AvgIpc) is 3.05. The standard InChI is InChI=1S/C15H19N5O4/c16-9-15-17-14(18-24-15)10-19-7-5-13(6-8-19)23-12-3-1-11(2-4-12)20(21)22/h1-4,13H,5-10,16H2. The van der Waals surface area contributed by atoms with Gasteiger partial charge in [0.05, 0.1) is 18.0 Å². The molecule has 0 aliphatic carbocycles. The van der Waals surface area contributed by atoms with Gasteiger partial charge in [0.15, 0.2) is 5.82 Å². The second-order valence-electron chi connectivity index (χ2n) is 5.65. The third kappa shape index (κ3) is 4.06. The lowest BCUT2D eigenvalue weighted by atomic mass is 10.1. The quantitative estimate of drug-likeness (QED) is 0.623. The SMILES string of the molecule is NCc1nc(CN2CCC(Oc3ccc([N+](=O)[O-])cc3)CC2)no1. The van der Waals surface area contributed by atoms with Crippen molar-refractivity contribution in [3.8, 4) is 5.75 Å². The molecule has 2 aromatic rings. The van der Waals surface area contributed by atoms with Crippen molar-refractivity contribution in [1.82, 2.24) is 15.0 Å². The minimum atomic E-state index is -0.420. The number of aromatic nitrogens is 2. The highest BCUT2D eigenvalue weighted by atomic mass is 16.6. The van der Waals surface area contributed by atoms with Crippen LogP contribution in [0.4, 0.5) is 5.69 Å². The zero-order valence-corrected chi connectivity index (χ0v) is 13.1. The van der Waals surface area contributed by atoms with Gasteiger partial charge in [-0.1, -0.05) is 5.16 Å². The van der Waals surface area contributed by atoms with E-state index in [4.69, 9.17) is 15.0 Å². The van der Waals surface area contributed by atoms with Crippen LogP contribution in [-0.2, 0) is 13.1 Å². The fourth-order valence-corrected chi connectivity index (χ4v) is 2.66. The Hall–Kier alpha value is -2.52. The Morgan fingerprint density at radius 2 is 2.04 bits per heavy atom. The Labute approximate surface area is 138 Å². The van der Waals surface area contributed by atoms with Crippen molar-refractivity contribution >= 4 is 5.69 Å². The van der Waals surface area contributed by atoms with Crippen LogP contribution in [0, 0.1) is 10.1 Å². The molecule has 2 N–H and O–H groups in total. The molecule has 0 unspecified atom stereocenters. The van der Waals surface area contributed by atoms with Gasteiger partial charge in [-0.05, 0) is 25.0 Å². The van der Waals surface area contributed by atoms with Crippen LogP contribution in [0.2, 0.25) is 0 Å². The van der Waals surface area contributed by atoms with Gasteiger partial charge in [0.2, 0.25) is 5.89 Å². The van der Waals surface area contributed by atoms with Crippen LogP contribution in [0.5, 0.6) is 5.75 Å². The smallest absolute Gasteiger partial charge is 0.269 e. The summed E-state index contributed by atoms with van der Waals surface area (Å²) in [7, 11) is 0. The second-order valence-corrected chi connectivity index (χ2v) is 5.65. The van der Waals surface area contributed by atoms with Gasteiger partial charge in [0.1, 0.15) is 11.9 Å². The summed E-state index contributed by atoms with van der Waals surface area (Å²) in [6.07, 6.45) is 1.85. The maximum Gasteiger partial charge on any atom is 0.269 e. The molecule has 128 valence electrons. The molecule has 2 heterocycles. The lowest BCUT2D eigenvalue weighted by Gasteiger charge is -2.31. The Kier molecular flexibility index (Phi) is 5.02. The van der Waals surface area contributed by atoms with E-state index in [1.807, 2.05) is 0 Å². The number of hydrogen-bond acceptors (Lipinski definition) is 8. The van der Waals surface area contributed by atoms with Gasteiger partial charge in [-0.2, -0.15) is 4.98 Å². The van der Waals surface area contributed by atoms with Crippen LogP contribution in [-0.4, -0.2) is 39.2 Å². The van der Waals surface area contributed by atoms with E-state index >= 15 is 0 Å². The minimum Gasteiger partial charge on any atom is -0.490 e. The fraction of sp³-hybridized carbons (Fsp3) is 0.467. The summed E-state index contributed by atoms with van der Waals surface area (Å²) in [5, 5.41) is 14.5. The summed E-state index contributed by atoms with van der Waals surface area (Å²) in [6.45, 7) is 2.61. The minimum absolute atomic E-state index is 0.0640. The van der Waals surface area contributed by atoms with Crippen molar-refractivity contribution in [1.29, 1.82) is 0 Å². The van der Waals surface area contributed by atoms with Gasteiger partial charge in [-0.3, -0.25) is 15.0 Å². The Morgan fingerprint density at radius 1 is 1.33 bits per heavy atom. The number of nitro benzene ring substituents is 1.